The van der Waals surface area contributed by atoms with E-state index in [4.69, 9.17) is 18.9 Å². The number of aromatic nitrogens is 4. The van der Waals surface area contributed by atoms with Gasteiger partial charge in [-0.25, -0.2) is 9.97 Å². The number of rotatable bonds is 11. The van der Waals surface area contributed by atoms with Gasteiger partial charge in [-0.05, 0) is 37.3 Å². The smallest absolute Gasteiger partial charge is 0.273 e. The molecule has 3 aromatic heterocycles. The van der Waals surface area contributed by atoms with Crippen molar-refractivity contribution in [1.82, 2.24) is 30.2 Å². The number of amides is 1. The standard InChI is InChI=1S/C28H32N6O4/c1-18-3-2-8-30-21(18)15-31-28(35)22-17-38-27(33-22)7-10-29-9-6-26-32-20-13-24-25(37-12-11-36-24)14-23(20)34(26)16-19-4-5-19/h2-3,8,13-14,17,19,29H,4-7,9-12,15-16H2,1H3,(H,31,35). The molecule has 1 aromatic carbocycles. The van der Waals surface area contributed by atoms with Crippen LogP contribution in [0.4, 0.5) is 0 Å². The minimum atomic E-state index is -0.273. The Labute approximate surface area is 220 Å². The molecule has 0 atom stereocenters. The molecule has 0 saturated heterocycles. The second-order valence-corrected chi connectivity index (χ2v) is 9.89. The van der Waals surface area contributed by atoms with Crippen LogP contribution in [0, 0.1) is 12.8 Å². The number of carbonyl (C=O) groups excluding carboxylic acids is 1. The van der Waals surface area contributed by atoms with Crippen LogP contribution in [-0.2, 0) is 25.9 Å². The third kappa shape index (κ3) is 5.50. The summed E-state index contributed by atoms with van der Waals surface area (Å²) in [4.78, 5) is 26.0. The summed E-state index contributed by atoms with van der Waals surface area (Å²) in [5, 5.41) is 6.31. The van der Waals surface area contributed by atoms with E-state index in [9.17, 15) is 4.79 Å². The van der Waals surface area contributed by atoms with Gasteiger partial charge in [-0.1, -0.05) is 6.07 Å². The Morgan fingerprint density at radius 1 is 1.11 bits per heavy atom. The number of nitrogens with zero attached hydrogens (tertiary/aromatic N) is 4. The Balaban J connectivity index is 1.01. The van der Waals surface area contributed by atoms with Crippen molar-refractivity contribution in [3.63, 3.8) is 0 Å². The van der Waals surface area contributed by atoms with Crippen molar-refractivity contribution in [3.05, 3.63) is 65.4 Å². The van der Waals surface area contributed by atoms with E-state index < -0.39 is 0 Å². The Kier molecular flexibility index (Phi) is 6.96. The molecule has 0 bridgehead atoms. The molecule has 1 aliphatic heterocycles. The number of hydrogen-bond acceptors (Lipinski definition) is 8. The highest BCUT2D eigenvalue weighted by atomic mass is 16.6. The van der Waals surface area contributed by atoms with Crippen LogP contribution in [0.5, 0.6) is 11.5 Å². The molecule has 1 aliphatic carbocycles. The zero-order valence-corrected chi connectivity index (χ0v) is 21.5. The van der Waals surface area contributed by atoms with Gasteiger partial charge in [-0.2, -0.15) is 0 Å². The normalized spacial score (nSPS) is 14.7. The van der Waals surface area contributed by atoms with Gasteiger partial charge < -0.3 is 29.1 Å². The van der Waals surface area contributed by atoms with Crippen LogP contribution in [0.25, 0.3) is 11.0 Å². The lowest BCUT2D eigenvalue weighted by molar-refractivity contribution is 0.0945. The van der Waals surface area contributed by atoms with Crippen molar-refractivity contribution < 1.29 is 18.7 Å². The third-order valence-electron chi connectivity index (χ3n) is 6.99. The summed E-state index contributed by atoms with van der Waals surface area (Å²) in [6.45, 7) is 5.92. The van der Waals surface area contributed by atoms with E-state index in [-0.39, 0.29) is 11.6 Å². The van der Waals surface area contributed by atoms with Crippen molar-refractivity contribution in [1.29, 1.82) is 0 Å². The van der Waals surface area contributed by atoms with Gasteiger partial charge in [0, 0.05) is 50.8 Å². The van der Waals surface area contributed by atoms with E-state index >= 15 is 0 Å². The Hall–Kier alpha value is -3.92. The van der Waals surface area contributed by atoms with Gasteiger partial charge in [0.2, 0.25) is 0 Å². The molecular weight excluding hydrogens is 484 g/mol. The van der Waals surface area contributed by atoms with Crippen LogP contribution in [-0.4, -0.2) is 51.7 Å². The van der Waals surface area contributed by atoms with Crippen LogP contribution in [0.3, 0.4) is 0 Å². The van der Waals surface area contributed by atoms with Crippen molar-refractivity contribution in [2.75, 3.05) is 26.3 Å². The highest BCUT2D eigenvalue weighted by molar-refractivity contribution is 5.91. The van der Waals surface area contributed by atoms with E-state index in [1.165, 1.54) is 19.1 Å². The van der Waals surface area contributed by atoms with Gasteiger partial charge >= 0.3 is 0 Å². The molecule has 1 amide bonds. The summed E-state index contributed by atoms with van der Waals surface area (Å²) in [6.07, 6.45) is 7.08. The first-order chi connectivity index (χ1) is 18.6. The Morgan fingerprint density at radius 2 is 1.92 bits per heavy atom. The zero-order valence-electron chi connectivity index (χ0n) is 21.5. The van der Waals surface area contributed by atoms with Crippen LogP contribution in [0.15, 0.2) is 41.1 Å². The van der Waals surface area contributed by atoms with Crippen molar-refractivity contribution in [2.45, 2.75) is 45.7 Å². The minimum absolute atomic E-state index is 0.273. The topological polar surface area (TPSA) is 116 Å². The Morgan fingerprint density at radius 3 is 2.74 bits per heavy atom. The van der Waals surface area contributed by atoms with Crippen LogP contribution in [0.1, 0.15) is 46.3 Å². The fraction of sp³-hybridized carbons (Fsp3) is 0.429. The Bertz CT molecular complexity index is 1440. The molecule has 4 aromatic rings. The van der Waals surface area contributed by atoms with Crippen LogP contribution >= 0.6 is 0 Å². The fourth-order valence-corrected chi connectivity index (χ4v) is 4.67. The molecule has 6 rings (SSSR count). The predicted octanol–water partition coefficient (Wildman–Crippen LogP) is 3.21. The molecule has 10 heteroatoms. The number of benzene rings is 1. The summed E-state index contributed by atoms with van der Waals surface area (Å²) in [6, 6.07) is 7.91. The van der Waals surface area contributed by atoms with Gasteiger partial charge in [0.15, 0.2) is 23.1 Å². The third-order valence-corrected chi connectivity index (χ3v) is 6.99. The first-order valence-corrected chi connectivity index (χ1v) is 13.3. The molecule has 10 nitrogen and oxygen atoms in total. The number of aryl methyl sites for hydroxylation is 1. The lowest BCUT2D eigenvalue weighted by Crippen LogP contribution is -2.24. The summed E-state index contributed by atoms with van der Waals surface area (Å²) in [5.74, 6) is 3.64. The van der Waals surface area contributed by atoms with Gasteiger partial charge in [0.1, 0.15) is 25.3 Å². The minimum Gasteiger partial charge on any atom is -0.486 e. The number of carbonyl (C=O) groups is 1. The van der Waals surface area contributed by atoms with Crippen molar-refractivity contribution >= 4 is 16.9 Å². The molecule has 2 aliphatic rings. The lowest BCUT2D eigenvalue weighted by Gasteiger charge is -2.18. The second kappa shape index (κ2) is 10.8. The molecule has 0 radical (unpaired) electrons. The van der Waals surface area contributed by atoms with E-state index in [0.717, 1.165) is 65.0 Å². The highest BCUT2D eigenvalue weighted by Crippen LogP contribution is 2.37. The monoisotopic (exact) mass is 516 g/mol. The number of pyridine rings is 1. The molecular formula is C28H32N6O4. The average molecular weight is 517 g/mol. The zero-order chi connectivity index (χ0) is 25.9. The molecule has 2 N–H and O–H groups in total. The molecule has 1 fully saturated rings. The fourth-order valence-electron chi connectivity index (χ4n) is 4.67. The number of ether oxygens (including phenoxy) is 2. The van der Waals surface area contributed by atoms with Gasteiger partial charge in [-0.3, -0.25) is 9.78 Å². The molecule has 1 saturated carbocycles. The maximum atomic E-state index is 12.4. The summed E-state index contributed by atoms with van der Waals surface area (Å²) >= 11 is 0. The number of nitrogens with one attached hydrogen (secondary N) is 2. The summed E-state index contributed by atoms with van der Waals surface area (Å²) < 4.78 is 19.4. The molecule has 4 heterocycles. The maximum Gasteiger partial charge on any atom is 0.273 e. The SMILES string of the molecule is Cc1cccnc1CNC(=O)c1coc(CCNCCc2nc3cc4c(cc3n2CC2CC2)OCCO4)n1. The first kappa shape index (κ1) is 24.4. The van der Waals surface area contributed by atoms with Gasteiger partial charge in [-0.15, -0.1) is 0 Å². The van der Waals surface area contributed by atoms with Crippen molar-refractivity contribution in [3.8, 4) is 11.5 Å². The largest absolute Gasteiger partial charge is 0.486 e. The number of hydrogen-bond donors (Lipinski definition) is 2. The van der Waals surface area contributed by atoms with Crippen LogP contribution < -0.4 is 20.1 Å². The van der Waals surface area contributed by atoms with Crippen LogP contribution in [0.2, 0.25) is 0 Å². The molecule has 198 valence electrons. The van der Waals surface area contributed by atoms with Gasteiger partial charge in [0.25, 0.3) is 5.91 Å². The molecule has 0 unspecified atom stereocenters. The van der Waals surface area contributed by atoms with E-state index in [2.05, 4.69) is 31.2 Å². The quantitative estimate of drug-likeness (QED) is 0.292. The van der Waals surface area contributed by atoms with E-state index in [0.29, 0.717) is 38.6 Å². The number of oxazole rings is 1. The van der Waals surface area contributed by atoms with Gasteiger partial charge in [0.05, 0.1) is 23.3 Å². The van der Waals surface area contributed by atoms with E-state index in [1.807, 2.05) is 25.1 Å². The molecule has 0 spiro atoms. The highest BCUT2D eigenvalue weighted by Gasteiger charge is 2.25. The molecule has 38 heavy (non-hydrogen) atoms. The second-order valence-electron chi connectivity index (χ2n) is 9.89. The van der Waals surface area contributed by atoms with Crippen molar-refractivity contribution in [2.24, 2.45) is 5.92 Å². The average Bonchev–Trinajstić information content (AvgIpc) is 3.53. The number of imidazole rings is 1. The summed E-state index contributed by atoms with van der Waals surface area (Å²) in [7, 11) is 0. The summed E-state index contributed by atoms with van der Waals surface area (Å²) in [5.41, 5.74) is 4.21. The number of fused-ring (bicyclic) bond motifs is 2. The van der Waals surface area contributed by atoms with E-state index in [1.54, 1.807) is 6.20 Å². The predicted molar refractivity (Wildman–Crippen MR) is 140 cm³/mol. The maximum absolute atomic E-state index is 12.4. The lowest BCUT2D eigenvalue weighted by atomic mass is 10.2. The first-order valence-electron chi connectivity index (χ1n) is 13.3.